The molecule has 118 valence electrons. The lowest BCUT2D eigenvalue weighted by Gasteiger charge is -2.20. The Morgan fingerprint density at radius 3 is 2.38 bits per heavy atom. The number of hydrogen-bond donors (Lipinski definition) is 2. The molecule has 21 heavy (non-hydrogen) atoms. The molecule has 2 N–H and O–H groups in total. The summed E-state index contributed by atoms with van der Waals surface area (Å²) in [7, 11) is -3.41. The van der Waals surface area contributed by atoms with Crippen molar-refractivity contribution in [3.05, 3.63) is 35.9 Å². The second kappa shape index (κ2) is 8.35. The first-order valence-electron chi connectivity index (χ1n) is 7.41. The van der Waals surface area contributed by atoms with Crippen LogP contribution in [0.3, 0.4) is 0 Å². The van der Waals surface area contributed by atoms with Gasteiger partial charge >= 0.3 is 5.97 Å². The number of carboxylic acid groups (broad SMARTS) is 1. The average molecular weight is 312 g/mol. The molecular weight excluding hydrogens is 287 g/mol. The first-order valence-corrected chi connectivity index (χ1v) is 9.44. The molecule has 4 nitrogen and oxygen atoms in total. The molecule has 0 fully saturated rings. The molecule has 5 heteroatoms. The number of carbonyl (C=O) groups is 1. The maximum absolute atomic E-state index is 12.3. The molecule has 1 rings (SSSR count). The monoisotopic (exact) mass is 312 g/mol. The van der Waals surface area contributed by atoms with E-state index < -0.39 is 19.3 Å². The Hall–Kier alpha value is -1.12. The fourth-order valence-corrected chi connectivity index (χ4v) is 4.90. The van der Waals surface area contributed by atoms with Crippen molar-refractivity contribution < 1.29 is 19.4 Å². The first-order chi connectivity index (χ1) is 9.84. The highest BCUT2D eigenvalue weighted by Gasteiger charge is 2.30. The van der Waals surface area contributed by atoms with Gasteiger partial charge < -0.3 is 10.00 Å². The van der Waals surface area contributed by atoms with Gasteiger partial charge in [0.1, 0.15) is 0 Å². The van der Waals surface area contributed by atoms with Crippen molar-refractivity contribution >= 4 is 13.3 Å². The molecule has 0 saturated heterocycles. The van der Waals surface area contributed by atoms with E-state index in [4.69, 9.17) is 0 Å². The van der Waals surface area contributed by atoms with E-state index in [-0.39, 0.29) is 18.2 Å². The molecule has 0 aromatic heterocycles. The maximum atomic E-state index is 12.3. The van der Waals surface area contributed by atoms with Crippen LogP contribution in [0.1, 0.15) is 32.3 Å². The van der Waals surface area contributed by atoms with E-state index in [0.717, 1.165) is 18.4 Å². The van der Waals surface area contributed by atoms with Gasteiger partial charge in [-0.3, -0.25) is 9.36 Å². The molecule has 3 atom stereocenters. The quantitative estimate of drug-likeness (QED) is 0.683. The predicted molar refractivity (Wildman–Crippen MR) is 84.9 cm³/mol. The van der Waals surface area contributed by atoms with Crippen LogP contribution in [-0.2, 0) is 15.8 Å². The molecule has 1 aromatic rings. The molecular formula is C16H25O4P. The van der Waals surface area contributed by atoms with Crippen molar-refractivity contribution in [2.75, 3.05) is 12.3 Å². The zero-order chi connectivity index (χ0) is 15.9. The van der Waals surface area contributed by atoms with E-state index in [0.29, 0.717) is 6.42 Å². The predicted octanol–water partition coefficient (Wildman–Crippen LogP) is 3.64. The second-order valence-electron chi connectivity index (χ2n) is 5.83. The summed E-state index contributed by atoms with van der Waals surface area (Å²) >= 11 is 0. The molecule has 0 aliphatic heterocycles. The summed E-state index contributed by atoms with van der Waals surface area (Å²) in [4.78, 5) is 21.5. The lowest BCUT2D eigenvalue weighted by molar-refractivity contribution is -0.141. The van der Waals surface area contributed by atoms with Crippen LogP contribution in [0.2, 0.25) is 0 Å². The Morgan fingerprint density at radius 2 is 1.86 bits per heavy atom. The molecule has 0 aliphatic rings. The van der Waals surface area contributed by atoms with Crippen molar-refractivity contribution in [3.8, 4) is 0 Å². The third-order valence-electron chi connectivity index (χ3n) is 3.56. The first kappa shape index (κ1) is 17.9. The van der Waals surface area contributed by atoms with E-state index in [9.17, 15) is 19.4 Å². The van der Waals surface area contributed by atoms with Crippen molar-refractivity contribution in [1.29, 1.82) is 0 Å². The lowest BCUT2D eigenvalue weighted by atomic mass is 10.0. The normalized spacial score (nSPS) is 16.9. The topological polar surface area (TPSA) is 74.6 Å². The Morgan fingerprint density at radius 1 is 1.24 bits per heavy atom. The minimum atomic E-state index is -3.41. The second-order valence-corrected chi connectivity index (χ2v) is 8.25. The largest absolute Gasteiger partial charge is 0.481 e. The van der Waals surface area contributed by atoms with Gasteiger partial charge in [0.15, 0.2) is 0 Å². The standard InChI is InChI=1S/C16H25O4P/c1-3-7-13(2)11-21(19,20)12-15(16(17)18)10-14-8-5-4-6-9-14/h4-6,8-9,13,15H,3,7,10-12H2,1-2H3,(H,17,18)(H,19,20). The summed E-state index contributed by atoms with van der Waals surface area (Å²) in [5, 5.41) is 9.30. The van der Waals surface area contributed by atoms with Crippen LogP contribution in [0, 0.1) is 11.8 Å². The Kier molecular flexibility index (Phi) is 7.13. The van der Waals surface area contributed by atoms with Gasteiger partial charge in [-0.05, 0) is 17.9 Å². The summed E-state index contributed by atoms with van der Waals surface area (Å²) in [5.74, 6) is -1.66. The summed E-state index contributed by atoms with van der Waals surface area (Å²) in [5.41, 5.74) is 0.881. The van der Waals surface area contributed by atoms with Crippen LogP contribution in [0.4, 0.5) is 0 Å². The summed E-state index contributed by atoms with van der Waals surface area (Å²) in [6.07, 6.45) is 2.21. The third kappa shape index (κ3) is 6.92. The van der Waals surface area contributed by atoms with Gasteiger partial charge in [-0.1, -0.05) is 57.0 Å². The van der Waals surface area contributed by atoms with Gasteiger partial charge in [0, 0.05) is 12.3 Å². The Bertz CT molecular complexity index is 486. The molecule has 3 unspecified atom stereocenters. The third-order valence-corrected chi connectivity index (χ3v) is 5.76. The van der Waals surface area contributed by atoms with Gasteiger partial charge in [-0.25, -0.2) is 0 Å². The molecule has 0 bridgehead atoms. The minimum Gasteiger partial charge on any atom is -0.481 e. The van der Waals surface area contributed by atoms with Crippen molar-refractivity contribution in [2.24, 2.45) is 11.8 Å². The number of carboxylic acids is 1. The van der Waals surface area contributed by atoms with Gasteiger partial charge in [-0.15, -0.1) is 0 Å². The van der Waals surface area contributed by atoms with Crippen LogP contribution < -0.4 is 0 Å². The molecule has 0 aliphatic carbocycles. The van der Waals surface area contributed by atoms with Crippen LogP contribution in [-0.4, -0.2) is 28.3 Å². The van der Waals surface area contributed by atoms with E-state index in [1.54, 1.807) is 0 Å². The van der Waals surface area contributed by atoms with Crippen LogP contribution in [0.25, 0.3) is 0 Å². The van der Waals surface area contributed by atoms with E-state index in [1.165, 1.54) is 0 Å². The molecule has 0 radical (unpaired) electrons. The van der Waals surface area contributed by atoms with Gasteiger partial charge in [0.2, 0.25) is 7.37 Å². The molecule has 0 saturated carbocycles. The van der Waals surface area contributed by atoms with E-state index in [1.807, 2.05) is 44.2 Å². The summed E-state index contributed by atoms with van der Waals surface area (Å²) in [6, 6.07) is 9.24. The highest BCUT2D eigenvalue weighted by atomic mass is 31.2. The molecule has 1 aromatic carbocycles. The van der Waals surface area contributed by atoms with Gasteiger partial charge in [0.25, 0.3) is 0 Å². The lowest BCUT2D eigenvalue weighted by Crippen LogP contribution is -2.22. The van der Waals surface area contributed by atoms with Crippen molar-refractivity contribution in [3.63, 3.8) is 0 Å². The van der Waals surface area contributed by atoms with Crippen molar-refractivity contribution in [2.45, 2.75) is 33.1 Å². The molecule has 0 spiro atoms. The number of hydrogen-bond acceptors (Lipinski definition) is 2. The maximum Gasteiger partial charge on any atom is 0.307 e. The molecule has 0 amide bonds. The summed E-state index contributed by atoms with van der Waals surface area (Å²) in [6.45, 7) is 3.98. The zero-order valence-electron chi connectivity index (χ0n) is 12.7. The fourth-order valence-electron chi connectivity index (χ4n) is 2.62. The fraction of sp³-hybridized carbons (Fsp3) is 0.562. The Balaban J connectivity index is 2.69. The SMILES string of the molecule is CCCC(C)CP(=O)(O)CC(Cc1ccccc1)C(=O)O. The Labute approximate surface area is 126 Å². The highest BCUT2D eigenvalue weighted by molar-refractivity contribution is 7.58. The van der Waals surface area contributed by atoms with Crippen LogP contribution >= 0.6 is 7.37 Å². The average Bonchev–Trinajstić information content (AvgIpc) is 2.38. The van der Waals surface area contributed by atoms with E-state index >= 15 is 0 Å². The van der Waals surface area contributed by atoms with Crippen LogP contribution in [0.5, 0.6) is 0 Å². The van der Waals surface area contributed by atoms with Gasteiger partial charge in [0.05, 0.1) is 5.92 Å². The summed E-state index contributed by atoms with van der Waals surface area (Å²) < 4.78 is 12.3. The van der Waals surface area contributed by atoms with Crippen LogP contribution in [0.15, 0.2) is 30.3 Å². The number of benzene rings is 1. The smallest absolute Gasteiger partial charge is 0.307 e. The van der Waals surface area contributed by atoms with Crippen molar-refractivity contribution in [1.82, 2.24) is 0 Å². The minimum absolute atomic E-state index is 0.148. The molecule has 0 heterocycles. The van der Waals surface area contributed by atoms with E-state index in [2.05, 4.69) is 0 Å². The van der Waals surface area contributed by atoms with Gasteiger partial charge in [-0.2, -0.15) is 0 Å². The zero-order valence-corrected chi connectivity index (χ0v) is 13.6. The number of rotatable bonds is 9. The highest BCUT2D eigenvalue weighted by Crippen LogP contribution is 2.45. The number of aliphatic carboxylic acids is 1.